The van der Waals surface area contributed by atoms with Crippen LogP contribution in [0.25, 0.3) is 0 Å². The van der Waals surface area contributed by atoms with E-state index in [0.717, 1.165) is 16.8 Å². The lowest BCUT2D eigenvalue weighted by Gasteiger charge is -2.35. The van der Waals surface area contributed by atoms with Gasteiger partial charge in [-0.25, -0.2) is 0 Å². The minimum absolute atomic E-state index is 0.812. The van der Waals surface area contributed by atoms with Crippen molar-refractivity contribution in [2.24, 2.45) is 5.92 Å². The lowest BCUT2D eigenvalue weighted by molar-refractivity contribution is 0.238. The molecule has 0 radical (unpaired) electrons. The van der Waals surface area contributed by atoms with Crippen LogP contribution >= 0.6 is 15.9 Å². The molecule has 1 N–H and O–H groups in total. The fourth-order valence-corrected chi connectivity index (χ4v) is 3.29. The largest absolute Gasteiger partial charge is 0.314 e. The summed E-state index contributed by atoms with van der Waals surface area (Å²) in [7, 11) is 0. The van der Waals surface area contributed by atoms with Gasteiger partial charge in [0.1, 0.15) is 0 Å². The van der Waals surface area contributed by atoms with Crippen LogP contribution in [0.15, 0.2) is 0 Å². The highest BCUT2D eigenvalue weighted by atomic mass is 79.9. The Bertz CT molecular complexity index is 146. The van der Waals surface area contributed by atoms with Gasteiger partial charge in [-0.2, -0.15) is 0 Å². The van der Waals surface area contributed by atoms with Gasteiger partial charge in [-0.3, -0.25) is 0 Å². The topological polar surface area (TPSA) is 12.0 Å². The summed E-state index contributed by atoms with van der Waals surface area (Å²) < 4.78 is 0. The normalized spacial score (nSPS) is 41.8. The predicted octanol–water partition coefficient (Wildman–Crippen LogP) is 3.08. The van der Waals surface area contributed by atoms with Gasteiger partial charge in [-0.1, -0.05) is 22.4 Å². The average molecular weight is 246 g/mol. The highest BCUT2D eigenvalue weighted by Gasteiger charge is 2.27. The monoisotopic (exact) mass is 245 g/mol. The first kappa shape index (κ1) is 9.97. The van der Waals surface area contributed by atoms with Gasteiger partial charge < -0.3 is 5.32 Å². The van der Waals surface area contributed by atoms with Crippen molar-refractivity contribution in [3.8, 4) is 0 Å². The Morgan fingerprint density at radius 2 is 1.69 bits per heavy atom. The second-order valence-electron chi connectivity index (χ2n) is 4.57. The molecule has 0 amide bonds. The molecular formula is C11H20BrN. The minimum atomic E-state index is 0.812. The van der Waals surface area contributed by atoms with Crippen molar-refractivity contribution in [2.45, 2.75) is 55.8 Å². The summed E-state index contributed by atoms with van der Waals surface area (Å²) in [6, 6.07) is 0.855. The molecule has 1 atom stereocenters. The van der Waals surface area contributed by atoms with E-state index in [4.69, 9.17) is 0 Å². The number of hydrogen-bond acceptors (Lipinski definition) is 1. The van der Waals surface area contributed by atoms with Gasteiger partial charge in [0.25, 0.3) is 0 Å². The van der Waals surface area contributed by atoms with E-state index in [0.29, 0.717) is 0 Å². The number of hydrogen-bond donors (Lipinski definition) is 1. The summed E-state index contributed by atoms with van der Waals surface area (Å²) in [4.78, 5) is 0.812. The summed E-state index contributed by atoms with van der Waals surface area (Å²) >= 11 is 3.72. The maximum atomic E-state index is 3.72. The molecule has 1 aliphatic heterocycles. The van der Waals surface area contributed by atoms with E-state index >= 15 is 0 Å². The van der Waals surface area contributed by atoms with Gasteiger partial charge >= 0.3 is 0 Å². The Morgan fingerprint density at radius 3 is 2.31 bits per heavy atom. The fourth-order valence-electron chi connectivity index (χ4n) is 2.76. The van der Waals surface area contributed by atoms with E-state index in [9.17, 15) is 0 Å². The summed E-state index contributed by atoms with van der Waals surface area (Å²) in [5.74, 6) is 0.981. The first-order valence-electron chi connectivity index (χ1n) is 5.74. The Labute approximate surface area is 89.8 Å². The van der Waals surface area contributed by atoms with Crippen molar-refractivity contribution < 1.29 is 0 Å². The highest BCUT2D eigenvalue weighted by molar-refractivity contribution is 9.09. The molecule has 1 nitrogen and oxygen atoms in total. The van der Waals surface area contributed by atoms with E-state index in [1.165, 1.54) is 51.5 Å². The maximum Gasteiger partial charge on any atom is 0.0146 e. The maximum absolute atomic E-state index is 3.72. The third kappa shape index (κ3) is 2.69. The molecule has 0 aromatic carbocycles. The van der Waals surface area contributed by atoms with Gasteiger partial charge in [0, 0.05) is 10.9 Å². The van der Waals surface area contributed by atoms with Crippen LogP contribution in [-0.2, 0) is 0 Å². The number of piperidine rings is 1. The van der Waals surface area contributed by atoms with Crippen LogP contribution < -0.4 is 5.32 Å². The lowest BCUT2D eigenvalue weighted by atomic mass is 9.81. The number of halogens is 1. The zero-order valence-electron chi connectivity index (χ0n) is 8.27. The standard InChI is InChI=1S/C11H20BrN/c12-10-6-4-9(5-7-10)11-3-1-2-8-13-11/h9-11,13H,1-8H2. The molecule has 0 spiro atoms. The molecule has 0 bridgehead atoms. The second kappa shape index (κ2) is 4.79. The van der Waals surface area contributed by atoms with E-state index < -0.39 is 0 Å². The van der Waals surface area contributed by atoms with Crippen molar-refractivity contribution in [3.63, 3.8) is 0 Å². The molecule has 1 heterocycles. The quantitative estimate of drug-likeness (QED) is 0.701. The average Bonchev–Trinajstić information content (AvgIpc) is 2.20. The van der Waals surface area contributed by atoms with Crippen LogP contribution in [0, 0.1) is 5.92 Å². The third-order valence-electron chi connectivity index (χ3n) is 3.62. The molecular weight excluding hydrogens is 226 g/mol. The molecule has 1 saturated heterocycles. The van der Waals surface area contributed by atoms with Crippen molar-refractivity contribution in [1.29, 1.82) is 0 Å². The van der Waals surface area contributed by atoms with Crippen LogP contribution in [0.1, 0.15) is 44.9 Å². The summed E-state index contributed by atoms with van der Waals surface area (Å²) in [5, 5.41) is 3.69. The smallest absolute Gasteiger partial charge is 0.0146 e. The third-order valence-corrected chi connectivity index (χ3v) is 4.53. The SMILES string of the molecule is BrC1CCC(C2CCCCN2)CC1. The Kier molecular flexibility index (Phi) is 3.67. The summed E-state index contributed by atoms with van der Waals surface area (Å²) in [5.41, 5.74) is 0. The molecule has 2 rings (SSSR count). The molecule has 2 heteroatoms. The van der Waals surface area contributed by atoms with E-state index in [1.54, 1.807) is 0 Å². The lowest BCUT2D eigenvalue weighted by Crippen LogP contribution is -2.41. The molecule has 2 aliphatic rings. The molecule has 1 aliphatic carbocycles. The van der Waals surface area contributed by atoms with Crippen LogP contribution in [0.2, 0.25) is 0 Å². The van der Waals surface area contributed by atoms with Crippen molar-refractivity contribution in [2.75, 3.05) is 6.54 Å². The molecule has 13 heavy (non-hydrogen) atoms. The van der Waals surface area contributed by atoms with Crippen LogP contribution in [0.3, 0.4) is 0 Å². The van der Waals surface area contributed by atoms with Gasteiger partial charge in [-0.05, 0) is 51.0 Å². The molecule has 76 valence electrons. The van der Waals surface area contributed by atoms with E-state index in [-0.39, 0.29) is 0 Å². The van der Waals surface area contributed by atoms with Gasteiger partial charge in [0.2, 0.25) is 0 Å². The van der Waals surface area contributed by atoms with Crippen LogP contribution in [-0.4, -0.2) is 17.4 Å². The first-order valence-corrected chi connectivity index (χ1v) is 6.65. The van der Waals surface area contributed by atoms with Gasteiger partial charge in [0.05, 0.1) is 0 Å². The molecule has 0 aromatic rings. The van der Waals surface area contributed by atoms with Crippen LogP contribution in [0.4, 0.5) is 0 Å². The Hall–Kier alpha value is 0.440. The van der Waals surface area contributed by atoms with E-state index in [2.05, 4.69) is 21.2 Å². The van der Waals surface area contributed by atoms with E-state index in [1.807, 2.05) is 0 Å². The number of alkyl halides is 1. The van der Waals surface area contributed by atoms with Crippen molar-refractivity contribution in [3.05, 3.63) is 0 Å². The predicted molar refractivity (Wildman–Crippen MR) is 60.3 cm³/mol. The summed E-state index contributed by atoms with van der Waals surface area (Å²) in [6.07, 6.45) is 9.93. The van der Waals surface area contributed by atoms with Crippen molar-refractivity contribution >= 4 is 15.9 Å². The first-order chi connectivity index (χ1) is 6.36. The molecule has 2 fully saturated rings. The molecule has 1 unspecified atom stereocenters. The molecule has 0 aromatic heterocycles. The Morgan fingerprint density at radius 1 is 0.923 bits per heavy atom. The highest BCUT2D eigenvalue weighted by Crippen LogP contribution is 2.32. The van der Waals surface area contributed by atoms with Crippen LogP contribution in [0.5, 0.6) is 0 Å². The Balaban J connectivity index is 1.79. The van der Waals surface area contributed by atoms with Gasteiger partial charge in [-0.15, -0.1) is 0 Å². The number of nitrogens with one attached hydrogen (secondary N) is 1. The van der Waals surface area contributed by atoms with Crippen molar-refractivity contribution in [1.82, 2.24) is 5.32 Å². The van der Waals surface area contributed by atoms with Gasteiger partial charge in [0.15, 0.2) is 0 Å². The number of rotatable bonds is 1. The fraction of sp³-hybridized carbons (Fsp3) is 1.00. The molecule has 1 saturated carbocycles. The summed E-state index contributed by atoms with van der Waals surface area (Å²) in [6.45, 7) is 1.26. The minimum Gasteiger partial charge on any atom is -0.314 e. The zero-order valence-corrected chi connectivity index (χ0v) is 9.85. The second-order valence-corrected chi connectivity index (χ2v) is 5.86. The zero-order chi connectivity index (χ0) is 9.10.